The number of fused-ring (bicyclic) bond motifs is 2. The highest BCUT2D eigenvalue weighted by atomic mass is 16.4. The maximum absolute atomic E-state index is 12.1. The molecule has 0 aliphatic heterocycles. The molecule has 0 fully saturated rings. The molecule has 2 bridgehead atoms. The van der Waals surface area contributed by atoms with Crippen molar-refractivity contribution in [2.45, 2.75) is 83.0 Å². The number of aromatic hydroxyl groups is 1. The van der Waals surface area contributed by atoms with Gasteiger partial charge >= 0.3 is 5.97 Å². The molecule has 4 rings (SSSR count). The summed E-state index contributed by atoms with van der Waals surface area (Å²) in [5.41, 5.74) is 10.7. The molecule has 222 valence electrons. The van der Waals surface area contributed by atoms with Crippen LogP contribution in [0.15, 0.2) is 72.3 Å². The molecule has 0 radical (unpaired) electrons. The third kappa shape index (κ3) is 9.31. The van der Waals surface area contributed by atoms with E-state index in [0.29, 0.717) is 12.3 Å². The van der Waals surface area contributed by atoms with Gasteiger partial charge in [-0.15, -0.1) is 0 Å². The minimum atomic E-state index is -0.863. The Morgan fingerprint density at radius 1 is 0.951 bits per heavy atom. The van der Waals surface area contributed by atoms with Gasteiger partial charge in [0.25, 0.3) is 0 Å². The number of aliphatic carboxylic acids is 1. The number of hydrogen-bond donors (Lipinski definition) is 4. The fraction of sp³-hybridized carbons (Fsp3) is 0.528. The number of carboxylic acid groups (broad SMARTS) is 1. The van der Waals surface area contributed by atoms with Gasteiger partial charge in [0.1, 0.15) is 5.75 Å². The van der Waals surface area contributed by atoms with Gasteiger partial charge in [-0.25, -0.2) is 0 Å². The Bertz CT molecular complexity index is 1150. The Morgan fingerprint density at radius 3 is 2.39 bits per heavy atom. The molecule has 5 heteroatoms. The minimum absolute atomic E-state index is 0.177. The molecule has 0 heterocycles. The number of rotatable bonds is 12. The molecule has 2 aromatic carbocycles. The van der Waals surface area contributed by atoms with Crippen molar-refractivity contribution >= 4 is 5.97 Å². The van der Waals surface area contributed by atoms with Crippen LogP contribution in [-0.4, -0.2) is 34.4 Å². The SMILES string of the molecule is NCCC1=C[C@@H](CCCCCC[C@@H]2C/C=C\[C@H](CO)[C@H](C(=O)O)Cc3cccc(c3)C[C@H]2c2ccc(O)cc2)CC1. The predicted molar refractivity (Wildman–Crippen MR) is 166 cm³/mol. The van der Waals surface area contributed by atoms with Gasteiger partial charge in [-0.05, 0) is 104 Å². The van der Waals surface area contributed by atoms with Gasteiger partial charge in [-0.3, -0.25) is 4.79 Å². The fourth-order valence-corrected chi connectivity index (χ4v) is 6.98. The van der Waals surface area contributed by atoms with Gasteiger partial charge < -0.3 is 21.1 Å². The van der Waals surface area contributed by atoms with Gasteiger partial charge in [0.05, 0.1) is 12.5 Å². The molecule has 0 saturated carbocycles. The number of hydrogen-bond acceptors (Lipinski definition) is 4. The molecule has 0 spiro atoms. The normalized spacial score (nSPS) is 25.6. The lowest BCUT2D eigenvalue weighted by atomic mass is 9.76. The van der Waals surface area contributed by atoms with E-state index in [1.807, 2.05) is 18.2 Å². The third-order valence-electron chi connectivity index (χ3n) is 9.33. The number of aliphatic hydroxyl groups is 1. The van der Waals surface area contributed by atoms with Gasteiger partial charge in [-0.1, -0.05) is 85.9 Å². The molecular formula is C36H49NO4. The number of allylic oxidation sites excluding steroid dienone is 2. The number of benzene rings is 2. The second-order valence-electron chi connectivity index (χ2n) is 12.3. The molecular weight excluding hydrogens is 510 g/mol. The molecule has 2 aromatic rings. The number of phenols is 1. The van der Waals surface area contributed by atoms with E-state index in [0.717, 1.165) is 50.1 Å². The van der Waals surface area contributed by atoms with Crippen LogP contribution < -0.4 is 5.73 Å². The van der Waals surface area contributed by atoms with Crippen molar-refractivity contribution in [3.8, 4) is 5.75 Å². The van der Waals surface area contributed by atoms with E-state index in [1.54, 1.807) is 17.7 Å². The second kappa shape index (κ2) is 15.9. The monoisotopic (exact) mass is 559 g/mol. The van der Waals surface area contributed by atoms with Crippen molar-refractivity contribution in [3.05, 3.63) is 89.0 Å². The van der Waals surface area contributed by atoms with Crippen molar-refractivity contribution in [2.24, 2.45) is 29.4 Å². The molecule has 5 nitrogen and oxygen atoms in total. The lowest BCUT2D eigenvalue weighted by Crippen LogP contribution is -2.27. The summed E-state index contributed by atoms with van der Waals surface area (Å²) in [5, 5.41) is 30.0. The summed E-state index contributed by atoms with van der Waals surface area (Å²) in [6.45, 7) is 0.579. The zero-order valence-electron chi connectivity index (χ0n) is 24.5. The van der Waals surface area contributed by atoms with Crippen LogP contribution >= 0.6 is 0 Å². The Kier molecular flexibility index (Phi) is 12.1. The Hall–Kier alpha value is -2.89. The zero-order chi connectivity index (χ0) is 29.0. The van der Waals surface area contributed by atoms with Gasteiger partial charge in [0.15, 0.2) is 0 Å². The molecule has 0 amide bonds. The summed E-state index contributed by atoms with van der Waals surface area (Å²) in [6.07, 6.45) is 19.5. The molecule has 2 aliphatic rings. The van der Waals surface area contributed by atoms with Crippen molar-refractivity contribution in [3.63, 3.8) is 0 Å². The van der Waals surface area contributed by atoms with Crippen LogP contribution in [0.1, 0.15) is 86.8 Å². The molecule has 41 heavy (non-hydrogen) atoms. The number of carboxylic acids is 1. The highest BCUT2D eigenvalue weighted by molar-refractivity contribution is 5.71. The number of nitrogens with two attached hydrogens (primary N) is 1. The van der Waals surface area contributed by atoms with Crippen LogP contribution in [-0.2, 0) is 17.6 Å². The first-order valence-corrected chi connectivity index (χ1v) is 15.7. The maximum atomic E-state index is 12.1. The molecule has 5 atom stereocenters. The zero-order valence-corrected chi connectivity index (χ0v) is 24.5. The molecule has 2 aliphatic carbocycles. The van der Waals surface area contributed by atoms with E-state index in [4.69, 9.17) is 5.73 Å². The fourth-order valence-electron chi connectivity index (χ4n) is 6.98. The Balaban J connectivity index is 1.47. The predicted octanol–water partition coefficient (Wildman–Crippen LogP) is 7.17. The first-order valence-electron chi connectivity index (χ1n) is 15.7. The topological polar surface area (TPSA) is 104 Å². The molecule has 0 aromatic heterocycles. The van der Waals surface area contributed by atoms with E-state index >= 15 is 0 Å². The molecule has 0 unspecified atom stereocenters. The van der Waals surface area contributed by atoms with Crippen LogP contribution in [0.25, 0.3) is 0 Å². The van der Waals surface area contributed by atoms with Crippen LogP contribution in [0, 0.1) is 23.7 Å². The maximum Gasteiger partial charge on any atom is 0.307 e. The van der Waals surface area contributed by atoms with E-state index in [9.17, 15) is 20.1 Å². The standard InChI is InChI=1S/C36H49NO4/c37-20-19-27-14-13-26(21-27)7-3-1-2-4-10-30-11-6-12-32(25-38)35(36(40)41)24-29-9-5-8-28(22-29)23-34(30)31-15-17-33(39)18-16-31/h5-6,8-9,12,15-18,21-22,26,30,32,34-35,38-39H,1-4,7,10-11,13-14,19-20,23-25,37H2,(H,40,41)/b12-6-/t26-,30+,32+,34+,35+/m0/s1. The highest BCUT2D eigenvalue weighted by Gasteiger charge is 2.28. The van der Waals surface area contributed by atoms with Gasteiger partial charge in [-0.2, -0.15) is 0 Å². The van der Waals surface area contributed by atoms with Crippen molar-refractivity contribution in [1.29, 1.82) is 0 Å². The van der Waals surface area contributed by atoms with Crippen LogP contribution in [0.4, 0.5) is 0 Å². The minimum Gasteiger partial charge on any atom is -0.508 e. The average Bonchev–Trinajstić information content (AvgIpc) is 3.41. The third-order valence-corrected chi connectivity index (χ3v) is 9.33. The van der Waals surface area contributed by atoms with Crippen molar-refractivity contribution < 1.29 is 20.1 Å². The summed E-state index contributed by atoms with van der Waals surface area (Å²) in [6, 6.07) is 16.0. The van der Waals surface area contributed by atoms with Crippen LogP contribution in [0.3, 0.4) is 0 Å². The number of aliphatic hydroxyl groups excluding tert-OH is 1. The van der Waals surface area contributed by atoms with E-state index in [-0.39, 0.29) is 18.3 Å². The highest BCUT2D eigenvalue weighted by Crippen LogP contribution is 2.37. The summed E-state index contributed by atoms with van der Waals surface area (Å²) in [5.74, 6) is -0.273. The molecule has 5 N–H and O–H groups in total. The summed E-state index contributed by atoms with van der Waals surface area (Å²) in [7, 11) is 0. The summed E-state index contributed by atoms with van der Waals surface area (Å²) < 4.78 is 0. The smallest absolute Gasteiger partial charge is 0.307 e. The van der Waals surface area contributed by atoms with Crippen LogP contribution in [0.2, 0.25) is 0 Å². The van der Waals surface area contributed by atoms with E-state index in [2.05, 4.69) is 36.4 Å². The van der Waals surface area contributed by atoms with Crippen molar-refractivity contribution in [2.75, 3.05) is 13.2 Å². The molecule has 0 saturated heterocycles. The van der Waals surface area contributed by atoms with Crippen LogP contribution in [0.5, 0.6) is 5.75 Å². The van der Waals surface area contributed by atoms with Crippen molar-refractivity contribution in [1.82, 2.24) is 0 Å². The first kappa shape index (κ1) is 31.1. The first-order chi connectivity index (χ1) is 20.0. The quantitative estimate of drug-likeness (QED) is 0.163. The summed E-state index contributed by atoms with van der Waals surface area (Å²) >= 11 is 0. The average molecular weight is 560 g/mol. The number of phenolic OH excluding ortho intramolecular Hbond substituents is 1. The second-order valence-corrected chi connectivity index (χ2v) is 12.3. The van der Waals surface area contributed by atoms with E-state index in [1.165, 1.54) is 49.7 Å². The largest absolute Gasteiger partial charge is 0.508 e. The number of unbranched alkanes of at least 4 members (excludes halogenated alkanes) is 3. The Labute approximate surface area is 246 Å². The lowest BCUT2D eigenvalue weighted by Gasteiger charge is -2.29. The number of carbonyl (C=O) groups is 1. The Morgan fingerprint density at radius 2 is 1.68 bits per heavy atom. The van der Waals surface area contributed by atoms with Gasteiger partial charge in [0.2, 0.25) is 0 Å². The summed E-state index contributed by atoms with van der Waals surface area (Å²) in [4.78, 5) is 12.1. The lowest BCUT2D eigenvalue weighted by molar-refractivity contribution is -0.143. The van der Waals surface area contributed by atoms with Gasteiger partial charge in [0, 0.05) is 5.92 Å². The van der Waals surface area contributed by atoms with E-state index < -0.39 is 17.8 Å².